The van der Waals surface area contributed by atoms with Crippen LogP contribution in [-0.2, 0) is 35.1 Å². The standard InChI is InChI=1S/C22H24O6/c1-15(23)27-22(2)20-19(25-21(26-20)17-11-7-4-8-12-17)18(28-22)14-24-13-16-9-5-3-6-10-16/h3-12,18-21H,13-14H2,1-2H3/t18?,19-,20-,21?,22?/m1/s1. The summed E-state index contributed by atoms with van der Waals surface area (Å²) in [7, 11) is 0. The molecule has 3 unspecified atom stereocenters. The fraction of sp³-hybridized carbons (Fsp3) is 0.409. The number of esters is 1. The molecule has 6 heteroatoms. The van der Waals surface area contributed by atoms with Crippen molar-refractivity contribution in [2.45, 2.75) is 50.8 Å². The predicted molar refractivity (Wildman–Crippen MR) is 100 cm³/mol. The molecule has 0 saturated carbocycles. The van der Waals surface area contributed by atoms with E-state index in [1.54, 1.807) is 6.92 Å². The quantitative estimate of drug-likeness (QED) is 0.712. The maximum Gasteiger partial charge on any atom is 0.305 e. The van der Waals surface area contributed by atoms with Crippen molar-refractivity contribution in [3.8, 4) is 0 Å². The van der Waals surface area contributed by atoms with E-state index in [0.717, 1.165) is 11.1 Å². The molecule has 6 nitrogen and oxygen atoms in total. The second kappa shape index (κ2) is 8.01. The van der Waals surface area contributed by atoms with Gasteiger partial charge in [-0.3, -0.25) is 4.79 Å². The lowest BCUT2D eigenvalue weighted by Crippen LogP contribution is -2.43. The Labute approximate surface area is 164 Å². The first kappa shape index (κ1) is 19.1. The topological polar surface area (TPSA) is 63.2 Å². The summed E-state index contributed by atoms with van der Waals surface area (Å²) < 4.78 is 29.6. The predicted octanol–water partition coefficient (Wildman–Crippen LogP) is 3.36. The molecule has 0 radical (unpaired) electrons. The molecule has 2 aromatic carbocycles. The van der Waals surface area contributed by atoms with E-state index in [4.69, 9.17) is 23.7 Å². The molecule has 28 heavy (non-hydrogen) atoms. The summed E-state index contributed by atoms with van der Waals surface area (Å²) in [6.45, 7) is 3.83. The fourth-order valence-electron chi connectivity index (χ4n) is 3.73. The average Bonchev–Trinajstić information content (AvgIpc) is 3.23. The van der Waals surface area contributed by atoms with Crippen LogP contribution in [0.5, 0.6) is 0 Å². The molecule has 0 aromatic heterocycles. The molecule has 2 aromatic rings. The van der Waals surface area contributed by atoms with E-state index in [1.165, 1.54) is 6.92 Å². The van der Waals surface area contributed by atoms with Crippen molar-refractivity contribution in [3.63, 3.8) is 0 Å². The Kier molecular flexibility index (Phi) is 5.46. The summed E-state index contributed by atoms with van der Waals surface area (Å²) in [5.41, 5.74) is 1.98. The first-order valence-electron chi connectivity index (χ1n) is 9.40. The lowest BCUT2D eigenvalue weighted by molar-refractivity contribution is -0.263. The highest BCUT2D eigenvalue weighted by Crippen LogP contribution is 2.45. The summed E-state index contributed by atoms with van der Waals surface area (Å²) >= 11 is 0. The van der Waals surface area contributed by atoms with Gasteiger partial charge in [-0.1, -0.05) is 60.7 Å². The summed E-state index contributed by atoms with van der Waals surface area (Å²) in [5.74, 6) is -1.65. The summed E-state index contributed by atoms with van der Waals surface area (Å²) in [6.07, 6.45) is -1.88. The molecule has 0 amide bonds. The first-order chi connectivity index (χ1) is 13.5. The molecule has 2 aliphatic heterocycles. The Morgan fingerprint density at radius 2 is 1.71 bits per heavy atom. The van der Waals surface area contributed by atoms with Crippen molar-refractivity contribution < 1.29 is 28.5 Å². The van der Waals surface area contributed by atoms with E-state index >= 15 is 0 Å². The van der Waals surface area contributed by atoms with E-state index in [9.17, 15) is 4.79 Å². The SMILES string of the molecule is CC(=O)OC1(C)OC(COCc2ccccc2)[C@H]2OC(c3ccccc3)O[C@H]21. The van der Waals surface area contributed by atoms with Crippen LogP contribution in [0.1, 0.15) is 31.3 Å². The van der Waals surface area contributed by atoms with E-state index < -0.39 is 36.4 Å². The Morgan fingerprint density at radius 3 is 2.39 bits per heavy atom. The largest absolute Gasteiger partial charge is 0.431 e. The molecule has 2 heterocycles. The lowest BCUT2D eigenvalue weighted by atomic mass is 10.1. The minimum absolute atomic E-state index is 0.303. The smallest absolute Gasteiger partial charge is 0.305 e. The Balaban J connectivity index is 1.47. The van der Waals surface area contributed by atoms with Gasteiger partial charge in [-0.05, 0) is 5.56 Å². The van der Waals surface area contributed by atoms with Gasteiger partial charge in [0.2, 0.25) is 5.79 Å². The Hall–Kier alpha value is -2.25. The van der Waals surface area contributed by atoms with Crippen LogP contribution >= 0.6 is 0 Å². The van der Waals surface area contributed by atoms with Crippen molar-refractivity contribution in [2.75, 3.05) is 6.61 Å². The molecule has 5 atom stereocenters. The van der Waals surface area contributed by atoms with Gasteiger partial charge in [-0.25, -0.2) is 0 Å². The monoisotopic (exact) mass is 384 g/mol. The van der Waals surface area contributed by atoms with Gasteiger partial charge < -0.3 is 23.7 Å². The zero-order valence-corrected chi connectivity index (χ0v) is 15.9. The number of hydrogen-bond donors (Lipinski definition) is 0. The molecule has 0 spiro atoms. The summed E-state index contributed by atoms with van der Waals surface area (Å²) in [6, 6.07) is 19.6. The number of carbonyl (C=O) groups is 1. The van der Waals surface area contributed by atoms with Gasteiger partial charge in [-0.2, -0.15) is 0 Å². The van der Waals surface area contributed by atoms with Crippen molar-refractivity contribution in [2.24, 2.45) is 0 Å². The Morgan fingerprint density at radius 1 is 1.04 bits per heavy atom. The van der Waals surface area contributed by atoms with Crippen LogP contribution in [-0.4, -0.2) is 36.7 Å². The van der Waals surface area contributed by atoms with Crippen LogP contribution in [0.15, 0.2) is 60.7 Å². The van der Waals surface area contributed by atoms with Gasteiger partial charge in [0.1, 0.15) is 12.2 Å². The van der Waals surface area contributed by atoms with E-state index in [2.05, 4.69) is 0 Å². The average molecular weight is 384 g/mol. The van der Waals surface area contributed by atoms with Gasteiger partial charge in [0, 0.05) is 19.4 Å². The van der Waals surface area contributed by atoms with Gasteiger partial charge in [0.15, 0.2) is 12.4 Å². The van der Waals surface area contributed by atoms with Crippen molar-refractivity contribution >= 4 is 5.97 Å². The minimum Gasteiger partial charge on any atom is -0.431 e. The maximum absolute atomic E-state index is 11.6. The van der Waals surface area contributed by atoms with Crippen molar-refractivity contribution in [1.29, 1.82) is 0 Å². The van der Waals surface area contributed by atoms with E-state index in [0.29, 0.717) is 13.2 Å². The maximum atomic E-state index is 11.6. The van der Waals surface area contributed by atoms with Gasteiger partial charge in [0.25, 0.3) is 0 Å². The molecule has 4 rings (SSSR count). The molecule has 0 bridgehead atoms. The summed E-state index contributed by atoms with van der Waals surface area (Å²) in [5, 5.41) is 0. The molecule has 2 aliphatic rings. The van der Waals surface area contributed by atoms with Crippen LogP contribution < -0.4 is 0 Å². The minimum atomic E-state index is -1.22. The third-order valence-corrected chi connectivity index (χ3v) is 4.93. The highest BCUT2D eigenvalue weighted by molar-refractivity contribution is 5.66. The van der Waals surface area contributed by atoms with Crippen LogP contribution in [0.2, 0.25) is 0 Å². The molecule has 2 saturated heterocycles. The molecule has 2 fully saturated rings. The molecule has 0 aliphatic carbocycles. The molecular weight excluding hydrogens is 360 g/mol. The first-order valence-corrected chi connectivity index (χ1v) is 9.40. The number of ether oxygens (including phenoxy) is 5. The Bertz CT molecular complexity index is 795. The number of rotatable bonds is 6. The lowest BCUT2D eigenvalue weighted by Gasteiger charge is -2.29. The third kappa shape index (κ3) is 3.95. The van der Waals surface area contributed by atoms with Crippen molar-refractivity contribution in [3.05, 3.63) is 71.8 Å². The number of hydrogen-bond acceptors (Lipinski definition) is 6. The van der Waals surface area contributed by atoms with E-state index in [-0.39, 0.29) is 0 Å². The van der Waals surface area contributed by atoms with Crippen LogP contribution in [0.3, 0.4) is 0 Å². The van der Waals surface area contributed by atoms with Crippen LogP contribution in [0, 0.1) is 0 Å². The summed E-state index contributed by atoms with van der Waals surface area (Å²) in [4.78, 5) is 11.6. The zero-order chi connectivity index (χ0) is 19.6. The van der Waals surface area contributed by atoms with Crippen molar-refractivity contribution in [1.82, 2.24) is 0 Å². The normalized spacial score (nSPS) is 31.5. The fourth-order valence-corrected chi connectivity index (χ4v) is 3.73. The second-order valence-electron chi connectivity index (χ2n) is 7.17. The zero-order valence-electron chi connectivity index (χ0n) is 15.9. The highest BCUT2D eigenvalue weighted by Gasteiger charge is 2.61. The highest BCUT2D eigenvalue weighted by atomic mass is 16.8. The molecule has 0 N–H and O–H groups in total. The van der Waals surface area contributed by atoms with E-state index in [1.807, 2.05) is 60.7 Å². The van der Waals surface area contributed by atoms with Crippen LogP contribution in [0.4, 0.5) is 0 Å². The second-order valence-corrected chi connectivity index (χ2v) is 7.17. The number of benzene rings is 2. The van der Waals surface area contributed by atoms with Gasteiger partial charge in [-0.15, -0.1) is 0 Å². The number of fused-ring (bicyclic) bond motifs is 1. The third-order valence-electron chi connectivity index (χ3n) is 4.93. The molecule has 148 valence electrons. The number of carbonyl (C=O) groups excluding carboxylic acids is 1. The van der Waals surface area contributed by atoms with Gasteiger partial charge in [0.05, 0.1) is 13.2 Å². The van der Waals surface area contributed by atoms with Gasteiger partial charge >= 0.3 is 5.97 Å². The van der Waals surface area contributed by atoms with Crippen LogP contribution in [0.25, 0.3) is 0 Å². The molecular formula is C22H24O6.